The van der Waals surface area contributed by atoms with Gasteiger partial charge in [0.2, 0.25) is 5.91 Å². The first-order valence-electron chi connectivity index (χ1n) is 7.24. The molecule has 0 bridgehead atoms. The van der Waals surface area contributed by atoms with Crippen LogP contribution in [0.1, 0.15) is 17.3 Å². The Balaban J connectivity index is 3.08. The second kappa shape index (κ2) is 9.16. The summed E-state index contributed by atoms with van der Waals surface area (Å²) >= 11 is 3.24. The lowest BCUT2D eigenvalue weighted by atomic mass is 9.86. The van der Waals surface area contributed by atoms with Gasteiger partial charge in [-0.3, -0.25) is 19.2 Å². The summed E-state index contributed by atoms with van der Waals surface area (Å²) in [5, 5.41) is 2.45. The third kappa shape index (κ3) is 5.28. The van der Waals surface area contributed by atoms with E-state index >= 15 is 0 Å². The van der Waals surface area contributed by atoms with Crippen LogP contribution < -0.4 is 11.1 Å². The van der Waals surface area contributed by atoms with Crippen molar-refractivity contribution in [3.8, 4) is 0 Å². The number of nitrogens with one attached hydrogen (secondary N) is 1. The number of amides is 2. The van der Waals surface area contributed by atoms with Gasteiger partial charge in [0.25, 0.3) is 5.91 Å². The van der Waals surface area contributed by atoms with E-state index in [0.29, 0.717) is 4.47 Å². The number of carbonyl (C=O) groups excluding carboxylic acids is 4. The molecule has 0 saturated heterocycles. The third-order valence-electron chi connectivity index (χ3n) is 3.64. The molecule has 0 aliphatic rings. The lowest BCUT2D eigenvalue weighted by Crippen LogP contribution is -2.52. The second-order valence-electron chi connectivity index (χ2n) is 5.25. The summed E-state index contributed by atoms with van der Waals surface area (Å²) in [4.78, 5) is 47.9. The van der Waals surface area contributed by atoms with Crippen molar-refractivity contribution in [3.63, 3.8) is 0 Å². The molecule has 0 heterocycles. The minimum absolute atomic E-state index is 0.278. The Labute approximate surface area is 153 Å². The first-order chi connectivity index (χ1) is 11.7. The Morgan fingerprint density at radius 2 is 1.68 bits per heavy atom. The molecule has 1 rings (SSSR count). The molecule has 136 valence electrons. The number of benzene rings is 1. The molecule has 1 aromatic rings. The highest BCUT2D eigenvalue weighted by Crippen LogP contribution is 2.20. The maximum Gasteiger partial charge on any atom is 0.320 e. The molecular formula is C16H19BrN2O6. The highest BCUT2D eigenvalue weighted by molar-refractivity contribution is 9.10. The number of primary amides is 1. The first-order valence-corrected chi connectivity index (χ1v) is 8.03. The molecule has 2 atom stereocenters. The maximum absolute atomic E-state index is 12.3. The van der Waals surface area contributed by atoms with Crippen LogP contribution >= 0.6 is 15.9 Å². The normalized spacial score (nSPS) is 12.8. The largest absolute Gasteiger partial charge is 0.468 e. The molecule has 25 heavy (non-hydrogen) atoms. The number of carbonyl (C=O) groups is 4. The van der Waals surface area contributed by atoms with E-state index in [1.54, 1.807) is 24.3 Å². The number of esters is 2. The Morgan fingerprint density at radius 1 is 1.12 bits per heavy atom. The van der Waals surface area contributed by atoms with Gasteiger partial charge in [0.05, 0.1) is 14.2 Å². The summed E-state index contributed by atoms with van der Waals surface area (Å²) in [6, 6.07) is 5.19. The van der Waals surface area contributed by atoms with E-state index in [1.807, 2.05) is 0 Å². The van der Waals surface area contributed by atoms with Gasteiger partial charge in [-0.1, -0.05) is 28.9 Å². The van der Waals surface area contributed by atoms with Crippen LogP contribution in [0.2, 0.25) is 0 Å². The minimum atomic E-state index is -1.41. The number of rotatable bonds is 7. The Morgan fingerprint density at radius 3 is 2.12 bits per heavy atom. The van der Waals surface area contributed by atoms with Crippen molar-refractivity contribution in [1.82, 2.24) is 5.32 Å². The fourth-order valence-corrected chi connectivity index (χ4v) is 2.69. The van der Waals surface area contributed by atoms with Crippen LogP contribution in [0.25, 0.3) is 0 Å². The van der Waals surface area contributed by atoms with Gasteiger partial charge in [-0.25, -0.2) is 0 Å². The zero-order valence-corrected chi connectivity index (χ0v) is 15.5. The van der Waals surface area contributed by atoms with E-state index in [1.165, 1.54) is 6.92 Å². The van der Waals surface area contributed by atoms with Gasteiger partial charge < -0.3 is 20.5 Å². The molecule has 9 heteroatoms. The predicted octanol–water partition coefficient (Wildman–Crippen LogP) is 0.631. The average molecular weight is 415 g/mol. The van der Waals surface area contributed by atoms with E-state index in [2.05, 4.69) is 30.7 Å². The molecule has 0 fully saturated rings. The summed E-state index contributed by atoms with van der Waals surface area (Å²) < 4.78 is 9.83. The fourth-order valence-electron chi connectivity index (χ4n) is 2.29. The van der Waals surface area contributed by atoms with Crippen molar-refractivity contribution in [2.24, 2.45) is 17.6 Å². The molecule has 1 aromatic carbocycles. The highest BCUT2D eigenvalue weighted by atomic mass is 79.9. The zero-order valence-electron chi connectivity index (χ0n) is 13.9. The van der Waals surface area contributed by atoms with Crippen molar-refractivity contribution in [1.29, 1.82) is 0 Å². The zero-order chi connectivity index (χ0) is 19.1. The van der Waals surface area contributed by atoms with Crippen molar-refractivity contribution in [2.45, 2.75) is 13.0 Å². The average Bonchev–Trinajstić information content (AvgIpc) is 2.58. The second-order valence-corrected chi connectivity index (χ2v) is 6.16. The summed E-state index contributed by atoms with van der Waals surface area (Å²) in [5.74, 6) is -5.63. The van der Waals surface area contributed by atoms with Crippen LogP contribution in [0.15, 0.2) is 28.7 Å². The van der Waals surface area contributed by atoms with Crippen LogP contribution in [0.5, 0.6) is 0 Å². The molecule has 0 unspecified atom stereocenters. The number of methoxy groups -OCH3 is 2. The van der Waals surface area contributed by atoms with Crippen LogP contribution in [0.3, 0.4) is 0 Å². The fraction of sp³-hybridized carbons (Fsp3) is 0.375. The summed E-state index contributed by atoms with van der Waals surface area (Å²) in [5.41, 5.74) is 5.63. The topological polar surface area (TPSA) is 125 Å². The molecule has 8 nitrogen and oxygen atoms in total. The Kier molecular flexibility index (Phi) is 7.56. The molecule has 0 aliphatic heterocycles. The maximum atomic E-state index is 12.3. The van der Waals surface area contributed by atoms with Gasteiger partial charge in [-0.05, 0) is 18.2 Å². The molecular weight excluding hydrogens is 396 g/mol. The monoisotopic (exact) mass is 414 g/mol. The first kappa shape index (κ1) is 20.6. The summed E-state index contributed by atoms with van der Waals surface area (Å²) in [6.07, 6.45) is 0. The van der Waals surface area contributed by atoms with Crippen LogP contribution in [-0.4, -0.2) is 44.0 Å². The minimum Gasteiger partial charge on any atom is -0.468 e. The molecule has 0 radical (unpaired) electrons. The van der Waals surface area contributed by atoms with Gasteiger partial charge in [-0.15, -0.1) is 0 Å². The highest BCUT2D eigenvalue weighted by Gasteiger charge is 2.41. The number of hydrogen-bond donors (Lipinski definition) is 2. The van der Waals surface area contributed by atoms with Gasteiger partial charge in [-0.2, -0.15) is 0 Å². The van der Waals surface area contributed by atoms with E-state index in [0.717, 1.165) is 14.2 Å². The molecule has 0 aromatic heterocycles. The molecule has 0 aliphatic carbocycles. The molecule has 3 N–H and O–H groups in total. The van der Waals surface area contributed by atoms with Crippen LogP contribution in [0, 0.1) is 11.8 Å². The van der Waals surface area contributed by atoms with E-state index in [4.69, 9.17) is 5.73 Å². The smallest absolute Gasteiger partial charge is 0.320 e. The lowest BCUT2D eigenvalue weighted by Gasteiger charge is -2.26. The van der Waals surface area contributed by atoms with Gasteiger partial charge in [0, 0.05) is 16.0 Å². The Hall–Kier alpha value is -2.42. The summed E-state index contributed by atoms with van der Waals surface area (Å²) in [7, 11) is 2.20. The van der Waals surface area contributed by atoms with Crippen molar-refractivity contribution in [3.05, 3.63) is 34.3 Å². The SMILES string of the molecule is COC(=O)C(C(=O)OC)[C@@H](C)[C@H](NC(=O)c1cccc(Br)c1)C(N)=O. The van der Waals surface area contributed by atoms with Gasteiger partial charge >= 0.3 is 11.9 Å². The number of nitrogens with two attached hydrogens (primary N) is 1. The molecule has 0 spiro atoms. The van der Waals surface area contributed by atoms with Crippen molar-refractivity contribution < 1.29 is 28.7 Å². The standard InChI is InChI=1S/C16H19BrN2O6/c1-8(11(15(22)24-2)16(23)25-3)12(13(18)20)19-14(21)9-5-4-6-10(17)7-9/h4-8,11-12H,1-3H3,(H2,18,20)(H,19,21)/t8-,12+/m1/s1. The quantitative estimate of drug-likeness (QED) is 0.497. The molecule has 0 saturated carbocycles. The number of halogens is 1. The number of hydrogen-bond acceptors (Lipinski definition) is 6. The molecule has 2 amide bonds. The van der Waals surface area contributed by atoms with Crippen molar-refractivity contribution in [2.75, 3.05) is 14.2 Å². The van der Waals surface area contributed by atoms with Crippen molar-refractivity contribution >= 4 is 39.7 Å². The summed E-state index contributed by atoms with van der Waals surface area (Å²) in [6.45, 7) is 1.43. The van der Waals surface area contributed by atoms with E-state index in [-0.39, 0.29) is 5.56 Å². The number of ether oxygens (including phenoxy) is 2. The van der Waals surface area contributed by atoms with Gasteiger partial charge in [0.15, 0.2) is 5.92 Å². The van der Waals surface area contributed by atoms with Gasteiger partial charge in [0.1, 0.15) is 6.04 Å². The van der Waals surface area contributed by atoms with Crippen LogP contribution in [-0.2, 0) is 23.9 Å². The Bertz CT molecular complexity index is 662. The lowest BCUT2D eigenvalue weighted by molar-refractivity contribution is -0.161. The predicted molar refractivity (Wildman–Crippen MR) is 91.3 cm³/mol. The third-order valence-corrected chi connectivity index (χ3v) is 4.13. The van der Waals surface area contributed by atoms with E-state index < -0.39 is 41.6 Å². The van der Waals surface area contributed by atoms with Crippen LogP contribution in [0.4, 0.5) is 0 Å². The van der Waals surface area contributed by atoms with E-state index in [9.17, 15) is 19.2 Å².